The summed E-state index contributed by atoms with van der Waals surface area (Å²) in [5, 5.41) is 10.9. The molecule has 2 aliphatic heterocycles. The molecule has 0 aliphatic carbocycles. The van der Waals surface area contributed by atoms with Gasteiger partial charge in [0.15, 0.2) is 0 Å². The first kappa shape index (κ1) is 15.1. The number of aryl methyl sites for hydroxylation is 1. The lowest BCUT2D eigenvalue weighted by Crippen LogP contribution is -2.29. The Balaban J connectivity index is 1.76. The number of nitrogens with one attached hydrogen (secondary N) is 2. The third kappa shape index (κ3) is 2.27. The Morgan fingerprint density at radius 1 is 1.42 bits per heavy atom. The number of nitrogens with two attached hydrogens (primary N) is 1. The fraction of sp³-hybridized carbons (Fsp3) is 0.412. The number of halogens is 1. The molecule has 1 aromatic heterocycles. The van der Waals surface area contributed by atoms with Gasteiger partial charge < -0.3 is 16.4 Å². The normalized spacial score (nSPS) is 19.3. The molecule has 4 N–H and O–H groups in total. The van der Waals surface area contributed by atoms with Gasteiger partial charge in [0, 0.05) is 24.3 Å². The minimum atomic E-state index is -0.438. The molecular weight excluding hydrogens is 309 g/mol. The van der Waals surface area contributed by atoms with Gasteiger partial charge in [-0.2, -0.15) is 9.78 Å². The van der Waals surface area contributed by atoms with Gasteiger partial charge in [0.25, 0.3) is 5.91 Å². The molecule has 0 radical (unpaired) electrons. The predicted octanol–water partition coefficient (Wildman–Crippen LogP) is 1.80. The first-order valence-electron chi connectivity index (χ1n) is 8.21. The molecule has 2 aromatic rings. The fourth-order valence-electron chi connectivity index (χ4n) is 3.70. The van der Waals surface area contributed by atoms with E-state index in [9.17, 15) is 9.18 Å². The average Bonchev–Trinajstić information content (AvgIpc) is 2.91. The van der Waals surface area contributed by atoms with Crippen LogP contribution in [0.15, 0.2) is 12.1 Å². The van der Waals surface area contributed by atoms with Crippen LogP contribution in [0.4, 0.5) is 15.9 Å². The molecule has 1 unspecified atom stereocenters. The van der Waals surface area contributed by atoms with Crippen LogP contribution in [0.3, 0.4) is 0 Å². The summed E-state index contributed by atoms with van der Waals surface area (Å²) in [6, 6.07) is 2.92. The van der Waals surface area contributed by atoms with Crippen molar-refractivity contribution in [1.29, 1.82) is 0 Å². The van der Waals surface area contributed by atoms with Gasteiger partial charge in [-0.1, -0.05) is 0 Å². The van der Waals surface area contributed by atoms with Crippen molar-refractivity contribution in [2.45, 2.75) is 32.2 Å². The van der Waals surface area contributed by atoms with Crippen molar-refractivity contribution >= 4 is 17.4 Å². The van der Waals surface area contributed by atoms with Crippen LogP contribution in [-0.4, -0.2) is 28.8 Å². The number of hydrogen-bond acceptors (Lipinski definition) is 5. The largest absolute Gasteiger partial charge is 0.385 e. The number of rotatable bonds is 1. The van der Waals surface area contributed by atoms with Crippen molar-refractivity contribution in [2.75, 3.05) is 24.1 Å². The molecule has 126 valence electrons. The van der Waals surface area contributed by atoms with Crippen LogP contribution in [0.25, 0.3) is 0 Å². The third-order valence-electron chi connectivity index (χ3n) is 4.90. The minimum absolute atomic E-state index is 0.186. The van der Waals surface area contributed by atoms with Gasteiger partial charge in [-0.15, -0.1) is 0 Å². The Labute approximate surface area is 139 Å². The zero-order chi connectivity index (χ0) is 16.8. The standard InChI is InChI=1S/C17H20FN5O/c1-9-6-10(18)7-13-11(3-5-21-15(9)13)17(24)23-16(19)12-2-4-20-8-14(12)22-23/h6-7,11,20-21H,2-5,8,19H2,1H3. The van der Waals surface area contributed by atoms with Crippen LogP contribution in [0, 0.1) is 12.7 Å². The highest BCUT2D eigenvalue weighted by molar-refractivity contribution is 5.90. The molecule has 6 nitrogen and oxygen atoms in total. The number of carbonyl (C=O) groups is 1. The second-order valence-electron chi connectivity index (χ2n) is 6.44. The Hall–Kier alpha value is -2.41. The van der Waals surface area contributed by atoms with E-state index in [2.05, 4.69) is 15.7 Å². The molecule has 24 heavy (non-hydrogen) atoms. The van der Waals surface area contributed by atoms with E-state index in [0.29, 0.717) is 30.9 Å². The van der Waals surface area contributed by atoms with E-state index in [1.54, 1.807) is 0 Å². The molecule has 2 aliphatic rings. The third-order valence-corrected chi connectivity index (χ3v) is 4.90. The fourth-order valence-corrected chi connectivity index (χ4v) is 3.70. The smallest absolute Gasteiger partial charge is 0.256 e. The number of nitrogen functional groups attached to an aromatic ring is 1. The van der Waals surface area contributed by atoms with E-state index in [1.165, 1.54) is 16.8 Å². The van der Waals surface area contributed by atoms with Crippen LogP contribution in [0.5, 0.6) is 0 Å². The molecule has 0 saturated heterocycles. The molecule has 1 atom stereocenters. The molecule has 0 amide bonds. The lowest BCUT2D eigenvalue weighted by atomic mass is 9.88. The predicted molar refractivity (Wildman–Crippen MR) is 89.7 cm³/mol. The zero-order valence-electron chi connectivity index (χ0n) is 13.5. The summed E-state index contributed by atoms with van der Waals surface area (Å²) in [5.74, 6) is -0.531. The van der Waals surface area contributed by atoms with Gasteiger partial charge in [0.2, 0.25) is 0 Å². The van der Waals surface area contributed by atoms with Crippen LogP contribution >= 0.6 is 0 Å². The van der Waals surface area contributed by atoms with E-state index >= 15 is 0 Å². The summed E-state index contributed by atoms with van der Waals surface area (Å²) in [6.07, 6.45) is 1.36. The summed E-state index contributed by atoms with van der Waals surface area (Å²) in [5.41, 5.74) is 10.3. The summed E-state index contributed by atoms with van der Waals surface area (Å²) in [4.78, 5) is 13.1. The number of hydrogen-bond donors (Lipinski definition) is 3. The number of benzene rings is 1. The van der Waals surface area contributed by atoms with Crippen molar-refractivity contribution in [3.8, 4) is 0 Å². The average molecular weight is 329 g/mol. The molecule has 0 bridgehead atoms. The van der Waals surface area contributed by atoms with Crippen molar-refractivity contribution in [2.24, 2.45) is 0 Å². The van der Waals surface area contributed by atoms with E-state index in [-0.39, 0.29) is 11.7 Å². The highest BCUT2D eigenvalue weighted by atomic mass is 19.1. The van der Waals surface area contributed by atoms with Crippen LogP contribution in [0.1, 0.15) is 39.5 Å². The number of anilines is 2. The molecule has 4 rings (SSSR count). The van der Waals surface area contributed by atoms with Gasteiger partial charge in [0.1, 0.15) is 11.6 Å². The molecule has 1 aromatic carbocycles. The highest BCUT2D eigenvalue weighted by Gasteiger charge is 2.32. The van der Waals surface area contributed by atoms with Crippen molar-refractivity contribution in [3.63, 3.8) is 0 Å². The van der Waals surface area contributed by atoms with E-state index in [4.69, 9.17) is 5.73 Å². The van der Waals surface area contributed by atoms with Gasteiger partial charge in [0.05, 0.1) is 11.6 Å². The quantitative estimate of drug-likeness (QED) is 0.743. The zero-order valence-corrected chi connectivity index (χ0v) is 13.5. The molecular formula is C17H20FN5O. The molecule has 0 spiro atoms. The van der Waals surface area contributed by atoms with Gasteiger partial charge >= 0.3 is 0 Å². The van der Waals surface area contributed by atoms with Crippen molar-refractivity contribution < 1.29 is 9.18 Å². The van der Waals surface area contributed by atoms with Gasteiger partial charge in [-0.25, -0.2) is 4.39 Å². The number of fused-ring (bicyclic) bond motifs is 2. The molecule has 0 saturated carbocycles. The lowest BCUT2D eigenvalue weighted by Gasteiger charge is -2.27. The number of aromatic nitrogens is 2. The second-order valence-corrected chi connectivity index (χ2v) is 6.44. The van der Waals surface area contributed by atoms with E-state index < -0.39 is 5.92 Å². The van der Waals surface area contributed by atoms with Gasteiger partial charge in [-0.05, 0) is 49.6 Å². The van der Waals surface area contributed by atoms with E-state index in [1.807, 2.05) is 6.92 Å². The second kappa shape index (κ2) is 5.59. The minimum Gasteiger partial charge on any atom is -0.385 e. The Bertz CT molecular complexity index is 829. The Morgan fingerprint density at radius 2 is 2.25 bits per heavy atom. The summed E-state index contributed by atoms with van der Waals surface area (Å²) in [7, 11) is 0. The van der Waals surface area contributed by atoms with Crippen LogP contribution in [-0.2, 0) is 13.0 Å². The van der Waals surface area contributed by atoms with Crippen LogP contribution < -0.4 is 16.4 Å². The maximum Gasteiger partial charge on any atom is 0.256 e. The SMILES string of the molecule is Cc1cc(F)cc2c1NCCC2C(=O)n1nc2c(c1N)CCNC2. The monoisotopic (exact) mass is 329 g/mol. The molecule has 0 fully saturated rings. The first-order valence-corrected chi connectivity index (χ1v) is 8.21. The highest BCUT2D eigenvalue weighted by Crippen LogP contribution is 2.36. The van der Waals surface area contributed by atoms with Crippen LogP contribution in [0.2, 0.25) is 0 Å². The maximum atomic E-state index is 13.9. The number of carbonyl (C=O) groups excluding carboxylic acids is 1. The van der Waals surface area contributed by atoms with Crippen molar-refractivity contribution in [1.82, 2.24) is 15.1 Å². The lowest BCUT2D eigenvalue weighted by molar-refractivity contribution is 0.0859. The van der Waals surface area contributed by atoms with Crippen molar-refractivity contribution in [3.05, 3.63) is 40.3 Å². The summed E-state index contributed by atoms with van der Waals surface area (Å²) in [6.45, 7) is 3.96. The Kier molecular flexibility index (Phi) is 3.53. The van der Waals surface area contributed by atoms with E-state index in [0.717, 1.165) is 35.5 Å². The molecule has 3 heterocycles. The summed E-state index contributed by atoms with van der Waals surface area (Å²) < 4.78 is 15.2. The Morgan fingerprint density at radius 3 is 3.04 bits per heavy atom. The topological polar surface area (TPSA) is 85.0 Å². The summed E-state index contributed by atoms with van der Waals surface area (Å²) >= 11 is 0. The first-order chi connectivity index (χ1) is 11.6. The number of nitrogens with zero attached hydrogens (tertiary/aromatic N) is 2. The van der Waals surface area contributed by atoms with Gasteiger partial charge in [-0.3, -0.25) is 4.79 Å². The maximum absolute atomic E-state index is 13.9. The molecule has 7 heteroatoms.